The Morgan fingerprint density at radius 3 is 2.40 bits per heavy atom. The molecule has 0 aliphatic heterocycles. The number of hydrogen-bond donors (Lipinski definition) is 1. The zero-order chi connectivity index (χ0) is 7.03. The van der Waals surface area contributed by atoms with Crippen LogP contribution in [-0.2, 0) is 0 Å². The smallest absolute Gasteiger partial charge is 0.0459 e. The van der Waals surface area contributed by atoms with E-state index in [1.807, 2.05) is 0 Å². The Morgan fingerprint density at radius 2 is 2.10 bits per heavy atom. The van der Waals surface area contributed by atoms with Crippen molar-refractivity contribution in [2.24, 2.45) is 11.3 Å². The average Bonchev–Trinajstić information content (AvgIpc) is 2.29. The van der Waals surface area contributed by atoms with E-state index < -0.39 is 0 Å². The lowest BCUT2D eigenvalue weighted by Gasteiger charge is -2.38. The Balaban J connectivity index is 1.92. The standard InChI is InChI=1S/C9H16O/c10-7-8-2-5-9(6-8)3-1-4-9/h8,10H,1-7H2. The SMILES string of the molecule is OCC1CCC2(CCC2)C1. The fraction of sp³-hybridized carbons (Fsp3) is 1.00. The van der Waals surface area contributed by atoms with Crippen LogP contribution in [0.2, 0.25) is 0 Å². The first-order valence-corrected chi connectivity index (χ1v) is 4.46. The summed E-state index contributed by atoms with van der Waals surface area (Å²) < 4.78 is 0. The molecule has 0 aromatic rings. The van der Waals surface area contributed by atoms with Gasteiger partial charge in [-0.2, -0.15) is 0 Å². The maximum Gasteiger partial charge on any atom is 0.0459 e. The highest BCUT2D eigenvalue weighted by Crippen LogP contribution is 2.54. The van der Waals surface area contributed by atoms with Crippen molar-refractivity contribution in [2.75, 3.05) is 6.61 Å². The van der Waals surface area contributed by atoms with Gasteiger partial charge < -0.3 is 5.11 Å². The Kier molecular flexibility index (Phi) is 1.48. The minimum absolute atomic E-state index is 0.432. The van der Waals surface area contributed by atoms with E-state index in [-0.39, 0.29) is 0 Å². The molecule has 2 saturated carbocycles. The molecule has 2 aliphatic carbocycles. The molecule has 1 heteroatoms. The molecule has 1 N–H and O–H groups in total. The molecule has 0 saturated heterocycles. The zero-order valence-electron chi connectivity index (χ0n) is 6.47. The molecule has 58 valence electrons. The van der Waals surface area contributed by atoms with E-state index in [1.54, 1.807) is 0 Å². The summed E-state index contributed by atoms with van der Waals surface area (Å²) in [6.07, 6.45) is 8.35. The predicted octanol–water partition coefficient (Wildman–Crippen LogP) is 1.95. The minimum Gasteiger partial charge on any atom is -0.396 e. The van der Waals surface area contributed by atoms with Gasteiger partial charge in [-0.05, 0) is 43.4 Å². The Hall–Kier alpha value is -0.0400. The maximum absolute atomic E-state index is 8.92. The van der Waals surface area contributed by atoms with Crippen LogP contribution in [0.4, 0.5) is 0 Å². The molecule has 1 atom stereocenters. The molecule has 0 amide bonds. The summed E-state index contributed by atoms with van der Waals surface area (Å²) in [6, 6.07) is 0. The van der Waals surface area contributed by atoms with Crippen LogP contribution in [0.3, 0.4) is 0 Å². The van der Waals surface area contributed by atoms with E-state index >= 15 is 0 Å². The van der Waals surface area contributed by atoms with E-state index in [0.717, 1.165) is 5.41 Å². The van der Waals surface area contributed by atoms with Crippen LogP contribution in [0, 0.1) is 11.3 Å². The van der Waals surface area contributed by atoms with Gasteiger partial charge in [0.05, 0.1) is 0 Å². The van der Waals surface area contributed by atoms with Gasteiger partial charge in [-0.3, -0.25) is 0 Å². The van der Waals surface area contributed by atoms with Gasteiger partial charge in [-0.25, -0.2) is 0 Å². The second-order valence-electron chi connectivity index (χ2n) is 4.14. The van der Waals surface area contributed by atoms with Gasteiger partial charge in [0.25, 0.3) is 0 Å². The van der Waals surface area contributed by atoms with Gasteiger partial charge in [0.15, 0.2) is 0 Å². The molecule has 0 radical (unpaired) electrons. The highest BCUT2D eigenvalue weighted by Gasteiger charge is 2.42. The van der Waals surface area contributed by atoms with Gasteiger partial charge in [-0.15, -0.1) is 0 Å². The summed E-state index contributed by atoms with van der Waals surface area (Å²) in [7, 11) is 0. The van der Waals surface area contributed by atoms with E-state index in [9.17, 15) is 0 Å². The topological polar surface area (TPSA) is 20.2 Å². The van der Waals surface area contributed by atoms with E-state index in [4.69, 9.17) is 5.11 Å². The van der Waals surface area contributed by atoms with Crippen LogP contribution in [0.25, 0.3) is 0 Å². The summed E-state index contributed by atoms with van der Waals surface area (Å²) in [5.74, 6) is 0.653. The first-order chi connectivity index (χ1) is 4.85. The minimum atomic E-state index is 0.432. The van der Waals surface area contributed by atoms with Crippen molar-refractivity contribution < 1.29 is 5.11 Å². The summed E-state index contributed by atoms with van der Waals surface area (Å²) in [6.45, 7) is 0.432. The Bertz CT molecular complexity index is 127. The molecule has 1 spiro atoms. The number of rotatable bonds is 1. The second kappa shape index (κ2) is 2.23. The third-order valence-electron chi connectivity index (χ3n) is 3.48. The summed E-state index contributed by atoms with van der Waals surface area (Å²) in [5, 5.41) is 8.92. The van der Waals surface area contributed by atoms with Gasteiger partial charge in [-0.1, -0.05) is 6.42 Å². The molecular formula is C9H16O. The zero-order valence-corrected chi connectivity index (χ0v) is 6.47. The maximum atomic E-state index is 8.92. The number of aliphatic hydroxyl groups is 1. The molecular weight excluding hydrogens is 124 g/mol. The highest BCUT2D eigenvalue weighted by atomic mass is 16.3. The molecule has 0 bridgehead atoms. The normalized spacial score (nSPS) is 36.3. The largest absolute Gasteiger partial charge is 0.396 e. The molecule has 0 aromatic heterocycles. The molecule has 2 rings (SSSR count). The summed E-state index contributed by atoms with van der Waals surface area (Å²) in [5.41, 5.74) is 0.730. The molecule has 0 heterocycles. The quantitative estimate of drug-likeness (QED) is 0.590. The average molecular weight is 140 g/mol. The third kappa shape index (κ3) is 0.878. The fourth-order valence-electron chi connectivity index (χ4n) is 2.61. The lowest BCUT2D eigenvalue weighted by atomic mass is 9.67. The monoisotopic (exact) mass is 140 g/mol. The molecule has 10 heavy (non-hydrogen) atoms. The van der Waals surface area contributed by atoms with E-state index in [2.05, 4.69) is 0 Å². The molecule has 1 unspecified atom stereocenters. The van der Waals surface area contributed by atoms with Crippen molar-refractivity contribution in [2.45, 2.75) is 38.5 Å². The van der Waals surface area contributed by atoms with Crippen molar-refractivity contribution in [3.05, 3.63) is 0 Å². The van der Waals surface area contributed by atoms with Crippen LogP contribution in [0.5, 0.6) is 0 Å². The van der Waals surface area contributed by atoms with E-state index in [1.165, 1.54) is 38.5 Å². The van der Waals surface area contributed by atoms with Gasteiger partial charge in [0.1, 0.15) is 0 Å². The van der Waals surface area contributed by atoms with Crippen molar-refractivity contribution >= 4 is 0 Å². The summed E-state index contributed by atoms with van der Waals surface area (Å²) >= 11 is 0. The van der Waals surface area contributed by atoms with Crippen LogP contribution in [0.1, 0.15) is 38.5 Å². The Morgan fingerprint density at radius 1 is 1.30 bits per heavy atom. The molecule has 0 aromatic carbocycles. The number of aliphatic hydroxyl groups excluding tert-OH is 1. The van der Waals surface area contributed by atoms with Crippen molar-refractivity contribution in [1.82, 2.24) is 0 Å². The lowest BCUT2D eigenvalue weighted by Crippen LogP contribution is -2.26. The fourth-order valence-corrected chi connectivity index (χ4v) is 2.61. The van der Waals surface area contributed by atoms with Crippen molar-refractivity contribution in [3.63, 3.8) is 0 Å². The van der Waals surface area contributed by atoms with Crippen LogP contribution >= 0.6 is 0 Å². The Labute approximate surface area is 62.4 Å². The predicted molar refractivity (Wildman–Crippen MR) is 40.7 cm³/mol. The molecule has 2 fully saturated rings. The van der Waals surface area contributed by atoms with E-state index in [0.29, 0.717) is 12.5 Å². The van der Waals surface area contributed by atoms with Gasteiger partial charge in [0, 0.05) is 6.61 Å². The molecule has 2 aliphatic rings. The highest BCUT2D eigenvalue weighted by molar-refractivity contribution is 4.94. The van der Waals surface area contributed by atoms with Crippen LogP contribution in [0.15, 0.2) is 0 Å². The number of hydrogen-bond acceptors (Lipinski definition) is 1. The first-order valence-electron chi connectivity index (χ1n) is 4.46. The van der Waals surface area contributed by atoms with Gasteiger partial charge >= 0.3 is 0 Å². The van der Waals surface area contributed by atoms with Crippen molar-refractivity contribution in [3.8, 4) is 0 Å². The lowest BCUT2D eigenvalue weighted by molar-refractivity contribution is 0.125. The van der Waals surface area contributed by atoms with Crippen molar-refractivity contribution in [1.29, 1.82) is 0 Å². The van der Waals surface area contributed by atoms with Crippen LogP contribution < -0.4 is 0 Å². The molecule has 1 nitrogen and oxygen atoms in total. The second-order valence-corrected chi connectivity index (χ2v) is 4.14. The summed E-state index contributed by atoms with van der Waals surface area (Å²) in [4.78, 5) is 0. The van der Waals surface area contributed by atoms with Gasteiger partial charge in [0.2, 0.25) is 0 Å². The first kappa shape index (κ1) is 6.66. The third-order valence-corrected chi connectivity index (χ3v) is 3.48. The van der Waals surface area contributed by atoms with Crippen LogP contribution in [-0.4, -0.2) is 11.7 Å².